The molecule has 4 heteroatoms. The number of carbonyl (C=O) groups excluding carboxylic acids is 1. The van der Waals surface area contributed by atoms with Gasteiger partial charge in [0.05, 0.1) is 5.56 Å². The highest BCUT2D eigenvalue weighted by atomic mass is 16.1. The number of allylic oxidation sites excluding steroid dienone is 3. The van der Waals surface area contributed by atoms with Crippen molar-refractivity contribution in [1.82, 2.24) is 10.3 Å². The SMILES string of the molecule is C=C/C(=C\C=C/C)CNC(=O)c1ccccc1NCc1ccncc1. The number of nitrogens with one attached hydrogen (secondary N) is 2. The van der Waals surface area contributed by atoms with Crippen molar-refractivity contribution in [3.63, 3.8) is 0 Å². The van der Waals surface area contributed by atoms with Gasteiger partial charge in [-0.05, 0) is 42.3 Å². The van der Waals surface area contributed by atoms with Crippen molar-refractivity contribution in [3.05, 3.63) is 96.4 Å². The van der Waals surface area contributed by atoms with Gasteiger partial charge in [-0.15, -0.1) is 0 Å². The Labute approximate surface area is 149 Å². The predicted molar refractivity (Wildman–Crippen MR) is 103 cm³/mol. The molecule has 4 nitrogen and oxygen atoms in total. The highest BCUT2D eigenvalue weighted by Gasteiger charge is 2.10. The zero-order valence-electron chi connectivity index (χ0n) is 14.4. The molecule has 1 amide bonds. The summed E-state index contributed by atoms with van der Waals surface area (Å²) in [6.07, 6.45) is 11.0. The molecule has 25 heavy (non-hydrogen) atoms. The van der Waals surface area contributed by atoms with E-state index in [0.29, 0.717) is 18.7 Å². The van der Waals surface area contributed by atoms with E-state index >= 15 is 0 Å². The van der Waals surface area contributed by atoms with Gasteiger partial charge in [-0.2, -0.15) is 0 Å². The highest BCUT2D eigenvalue weighted by molar-refractivity contribution is 5.99. The van der Waals surface area contributed by atoms with Gasteiger partial charge in [-0.25, -0.2) is 0 Å². The minimum absolute atomic E-state index is 0.119. The standard InChI is InChI=1S/C21H23N3O/c1-3-5-8-17(4-2)15-24-21(25)19-9-6-7-10-20(19)23-16-18-11-13-22-14-12-18/h3-14,23H,2,15-16H2,1H3,(H,24,25)/b5-3-,17-8+. The van der Waals surface area contributed by atoms with Crippen LogP contribution in [-0.2, 0) is 6.54 Å². The first kappa shape index (κ1) is 18.2. The highest BCUT2D eigenvalue weighted by Crippen LogP contribution is 2.16. The fourth-order valence-electron chi connectivity index (χ4n) is 2.23. The Kier molecular flexibility index (Phi) is 7.19. The zero-order valence-corrected chi connectivity index (χ0v) is 14.4. The third-order valence-electron chi connectivity index (χ3n) is 3.62. The van der Waals surface area contributed by atoms with Gasteiger partial charge >= 0.3 is 0 Å². The second kappa shape index (κ2) is 9.88. The van der Waals surface area contributed by atoms with E-state index in [1.807, 2.05) is 61.5 Å². The van der Waals surface area contributed by atoms with Crippen LogP contribution >= 0.6 is 0 Å². The maximum atomic E-state index is 12.5. The van der Waals surface area contributed by atoms with Crippen molar-refractivity contribution in [1.29, 1.82) is 0 Å². The largest absolute Gasteiger partial charge is 0.380 e. The van der Waals surface area contributed by atoms with Gasteiger partial charge in [0.1, 0.15) is 0 Å². The molecule has 2 aromatic rings. The number of anilines is 1. The lowest BCUT2D eigenvalue weighted by atomic mass is 10.1. The van der Waals surface area contributed by atoms with Crippen molar-refractivity contribution in [3.8, 4) is 0 Å². The Morgan fingerprint density at radius 1 is 1.20 bits per heavy atom. The van der Waals surface area contributed by atoms with Crippen LogP contribution in [0.1, 0.15) is 22.8 Å². The third kappa shape index (κ3) is 5.77. The van der Waals surface area contributed by atoms with Crippen molar-refractivity contribution >= 4 is 11.6 Å². The molecule has 128 valence electrons. The first-order valence-electron chi connectivity index (χ1n) is 8.19. The molecule has 0 fully saturated rings. The number of rotatable bonds is 8. The van der Waals surface area contributed by atoms with Crippen molar-refractivity contribution in [2.75, 3.05) is 11.9 Å². The summed E-state index contributed by atoms with van der Waals surface area (Å²) in [4.78, 5) is 16.5. The van der Waals surface area contributed by atoms with Gasteiger partial charge < -0.3 is 10.6 Å². The molecule has 0 unspecified atom stereocenters. The average Bonchev–Trinajstić information content (AvgIpc) is 2.67. The molecular formula is C21H23N3O. The molecule has 1 aromatic heterocycles. The number of amides is 1. The van der Waals surface area contributed by atoms with E-state index in [1.165, 1.54) is 0 Å². The fraction of sp³-hybridized carbons (Fsp3) is 0.143. The smallest absolute Gasteiger partial charge is 0.253 e. The molecule has 0 saturated carbocycles. The van der Waals surface area contributed by atoms with Crippen molar-refractivity contribution in [2.45, 2.75) is 13.5 Å². The molecule has 0 aliphatic heterocycles. The summed E-state index contributed by atoms with van der Waals surface area (Å²) in [5.74, 6) is -0.119. The molecule has 0 aliphatic carbocycles. The van der Waals surface area contributed by atoms with Crippen molar-refractivity contribution in [2.24, 2.45) is 0 Å². The molecule has 0 spiro atoms. The zero-order chi connectivity index (χ0) is 17.9. The summed E-state index contributed by atoms with van der Waals surface area (Å²) < 4.78 is 0. The van der Waals surface area contributed by atoms with Gasteiger partial charge in [-0.1, -0.05) is 43.0 Å². The third-order valence-corrected chi connectivity index (χ3v) is 3.62. The normalized spacial score (nSPS) is 11.3. The molecule has 1 aromatic carbocycles. The van der Waals surface area contributed by atoms with Crippen LogP contribution in [-0.4, -0.2) is 17.4 Å². The topological polar surface area (TPSA) is 54.0 Å². The number of aromatic nitrogens is 1. The number of benzene rings is 1. The fourth-order valence-corrected chi connectivity index (χ4v) is 2.23. The lowest BCUT2D eigenvalue weighted by Gasteiger charge is -2.12. The van der Waals surface area contributed by atoms with Crippen molar-refractivity contribution < 1.29 is 4.79 Å². The van der Waals surface area contributed by atoms with E-state index in [1.54, 1.807) is 18.5 Å². The summed E-state index contributed by atoms with van der Waals surface area (Å²) in [6, 6.07) is 11.4. The number of para-hydroxylation sites is 1. The van der Waals surface area contributed by atoms with E-state index in [4.69, 9.17) is 0 Å². The molecule has 0 saturated heterocycles. The summed E-state index contributed by atoms with van der Waals surface area (Å²) in [5.41, 5.74) is 3.47. The van der Waals surface area contributed by atoms with Crippen LogP contribution in [0, 0.1) is 0 Å². The average molecular weight is 333 g/mol. The van der Waals surface area contributed by atoms with Crippen LogP contribution in [0.5, 0.6) is 0 Å². The number of carbonyl (C=O) groups is 1. The number of pyridine rings is 1. The van der Waals surface area contributed by atoms with E-state index in [-0.39, 0.29) is 5.91 Å². The maximum absolute atomic E-state index is 12.5. The minimum Gasteiger partial charge on any atom is -0.380 e. The lowest BCUT2D eigenvalue weighted by molar-refractivity contribution is 0.0958. The molecule has 2 N–H and O–H groups in total. The first-order valence-corrected chi connectivity index (χ1v) is 8.19. The lowest BCUT2D eigenvalue weighted by Crippen LogP contribution is -2.26. The van der Waals surface area contributed by atoms with E-state index in [9.17, 15) is 4.79 Å². The predicted octanol–water partition coefficient (Wildman–Crippen LogP) is 4.11. The Bertz CT molecular complexity index is 764. The monoisotopic (exact) mass is 333 g/mol. The number of hydrogen-bond donors (Lipinski definition) is 2. The quantitative estimate of drug-likeness (QED) is 0.715. The van der Waals surface area contributed by atoms with Gasteiger partial charge in [-0.3, -0.25) is 9.78 Å². The molecule has 0 atom stereocenters. The Balaban J connectivity index is 2.03. The minimum atomic E-state index is -0.119. The Morgan fingerprint density at radius 3 is 2.68 bits per heavy atom. The van der Waals surface area contributed by atoms with E-state index < -0.39 is 0 Å². The van der Waals surface area contributed by atoms with Crippen LogP contribution in [0.15, 0.2) is 85.2 Å². The maximum Gasteiger partial charge on any atom is 0.253 e. The molecule has 0 radical (unpaired) electrons. The van der Waals surface area contributed by atoms with Crippen LogP contribution in [0.4, 0.5) is 5.69 Å². The van der Waals surface area contributed by atoms with Gasteiger partial charge in [0.2, 0.25) is 0 Å². The van der Waals surface area contributed by atoms with Crippen LogP contribution < -0.4 is 10.6 Å². The molecule has 2 rings (SSSR count). The van der Waals surface area contributed by atoms with Crippen LogP contribution in [0.2, 0.25) is 0 Å². The Morgan fingerprint density at radius 2 is 1.96 bits per heavy atom. The van der Waals surface area contributed by atoms with Crippen LogP contribution in [0.3, 0.4) is 0 Å². The van der Waals surface area contributed by atoms with E-state index in [0.717, 1.165) is 16.8 Å². The summed E-state index contributed by atoms with van der Waals surface area (Å²) in [5, 5.41) is 6.25. The summed E-state index contributed by atoms with van der Waals surface area (Å²) in [6.45, 7) is 6.79. The molecular weight excluding hydrogens is 310 g/mol. The second-order valence-corrected chi connectivity index (χ2v) is 5.41. The van der Waals surface area contributed by atoms with E-state index in [2.05, 4.69) is 22.2 Å². The summed E-state index contributed by atoms with van der Waals surface area (Å²) >= 11 is 0. The van der Waals surface area contributed by atoms with Gasteiger partial charge in [0, 0.05) is 31.2 Å². The number of nitrogens with zero attached hydrogens (tertiary/aromatic N) is 1. The van der Waals surface area contributed by atoms with Gasteiger partial charge in [0.25, 0.3) is 5.91 Å². The first-order chi connectivity index (χ1) is 12.2. The second-order valence-electron chi connectivity index (χ2n) is 5.41. The summed E-state index contributed by atoms with van der Waals surface area (Å²) in [7, 11) is 0. The van der Waals surface area contributed by atoms with Crippen LogP contribution in [0.25, 0.3) is 0 Å². The molecule has 0 aliphatic rings. The van der Waals surface area contributed by atoms with Gasteiger partial charge in [0.15, 0.2) is 0 Å². The Hall–Kier alpha value is -3.14. The number of hydrogen-bond acceptors (Lipinski definition) is 3. The molecule has 1 heterocycles. The molecule has 0 bridgehead atoms.